The first-order chi connectivity index (χ1) is 17.1. The smallest absolute Gasteiger partial charge is 0.277 e. The second kappa shape index (κ2) is 11.4. The van der Waals surface area contributed by atoms with E-state index in [9.17, 15) is 9.90 Å². The predicted octanol–water partition coefficient (Wildman–Crippen LogP) is 5.89. The Bertz CT molecular complexity index is 1380. The highest BCUT2D eigenvalue weighted by atomic mass is 16.5. The van der Waals surface area contributed by atoms with E-state index in [0.29, 0.717) is 29.4 Å². The first-order valence-electron chi connectivity index (χ1n) is 11.0. The Kier molecular flexibility index (Phi) is 7.65. The van der Waals surface area contributed by atoms with Crippen LogP contribution < -0.4 is 14.9 Å². The highest BCUT2D eigenvalue weighted by Gasteiger charge is 2.07. The molecular formula is C27H24N4O4. The zero-order valence-electron chi connectivity index (χ0n) is 19.1. The van der Waals surface area contributed by atoms with Gasteiger partial charge in [0.2, 0.25) is 0 Å². The summed E-state index contributed by atoms with van der Waals surface area (Å²) >= 11 is 0. The third kappa shape index (κ3) is 6.20. The summed E-state index contributed by atoms with van der Waals surface area (Å²) in [5.41, 5.74) is 4.02. The van der Waals surface area contributed by atoms with Crippen molar-refractivity contribution in [3.8, 4) is 17.2 Å². The first-order valence-corrected chi connectivity index (χ1v) is 11.0. The summed E-state index contributed by atoms with van der Waals surface area (Å²) in [5, 5.41) is 24.8. The molecule has 0 spiro atoms. The molecule has 0 fully saturated rings. The topological polar surface area (TPSA) is 105 Å². The van der Waals surface area contributed by atoms with Crippen molar-refractivity contribution in [1.82, 2.24) is 5.43 Å². The van der Waals surface area contributed by atoms with E-state index in [0.717, 1.165) is 16.5 Å². The molecule has 0 aliphatic rings. The molecule has 4 rings (SSSR count). The number of carbonyl (C=O) groups excluding carboxylic acids is 1. The Hall–Kier alpha value is -4.72. The number of nitrogens with one attached hydrogen (secondary N) is 1. The first kappa shape index (κ1) is 23.4. The predicted molar refractivity (Wildman–Crippen MR) is 135 cm³/mol. The lowest BCUT2D eigenvalue weighted by Gasteiger charge is -2.10. The second-order valence-corrected chi connectivity index (χ2v) is 7.40. The van der Waals surface area contributed by atoms with Crippen molar-refractivity contribution in [3.05, 3.63) is 90.5 Å². The Morgan fingerprint density at radius 3 is 2.49 bits per heavy atom. The number of hydrogen-bond acceptors (Lipinski definition) is 7. The van der Waals surface area contributed by atoms with Gasteiger partial charge in [-0.3, -0.25) is 4.79 Å². The number of hydrazone groups is 1. The van der Waals surface area contributed by atoms with Crippen molar-refractivity contribution >= 4 is 34.3 Å². The van der Waals surface area contributed by atoms with E-state index in [2.05, 4.69) is 20.8 Å². The molecule has 8 nitrogen and oxygen atoms in total. The van der Waals surface area contributed by atoms with Gasteiger partial charge >= 0.3 is 0 Å². The van der Waals surface area contributed by atoms with E-state index < -0.39 is 5.91 Å². The Labute approximate surface area is 202 Å². The second-order valence-electron chi connectivity index (χ2n) is 7.40. The summed E-state index contributed by atoms with van der Waals surface area (Å²) < 4.78 is 11.0. The number of phenols is 1. The van der Waals surface area contributed by atoms with Crippen LogP contribution in [0.1, 0.15) is 12.5 Å². The molecule has 4 aromatic carbocycles. The summed E-state index contributed by atoms with van der Waals surface area (Å²) in [7, 11) is 0. The van der Waals surface area contributed by atoms with Crippen LogP contribution in [-0.2, 0) is 4.79 Å². The number of carbonyl (C=O) groups is 1. The van der Waals surface area contributed by atoms with Crippen LogP contribution in [0.15, 0.2) is 100 Å². The molecule has 2 N–H and O–H groups in total. The number of azo groups is 1. The lowest BCUT2D eigenvalue weighted by molar-refractivity contribution is -0.123. The molecule has 0 aliphatic heterocycles. The molecule has 0 aromatic heterocycles. The number of hydrogen-bond donors (Lipinski definition) is 2. The summed E-state index contributed by atoms with van der Waals surface area (Å²) in [6.45, 7) is 2.11. The van der Waals surface area contributed by atoms with E-state index in [1.807, 2.05) is 55.5 Å². The maximum absolute atomic E-state index is 12.1. The normalized spacial score (nSPS) is 11.2. The molecular weight excluding hydrogens is 444 g/mol. The molecule has 4 aromatic rings. The molecule has 35 heavy (non-hydrogen) atoms. The van der Waals surface area contributed by atoms with Gasteiger partial charge in [0.25, 0.3) is 5.91 Å². The minimum Gasteiger partial charge on any atom is -0.507 e. The standard InChI is InChI=1S/C27H24N4O4/c1-2-34-25-12-5-6-13-26(25)35-18-27(33)31-28-17-20-16-21(14-15-24(20)32)29-30-23-11-7-9-19-8-3-4-10-22(19)23/h3-17,32H,2,18H2,1H3,(H,31,33)/b28-17-,30-29?. The van der Waals surface area contributed by atoms with Gasteiger partial charge in [0, 0.05) is 10.9 Å². The molecule has 1 amide bonds. The number of ether oxygens (including phenoxy) is 2. The van der Waals surface area contributed by atoms with E-state index >= 15 is 0 Å². The van der Waals surface area contributed by atoms with Gasteiger partial charge < -0.3 is 14.6 Å². The Balaban J connectivity index is 1.38. The van der Waals surface area contributed by atoms with Crippen LogP contribution >= 0.6 is 0 Å². The number of aromatic hydroxyl groups is 1. The van der Waals surface area contributed by atoms with Crippen LogP contribution in [-0.4, -0.2) is 30.4 Å². The van der Waals surface area contributed by atoms with Gasteiger partial charge in [-0.05, 0) is 48.7 Å². The fraction of sp³-hybridized carbons (Fsp3) is 0.111. The molecule has 0 bridgehead atoms. The number of phenolic OH excluding ortho intramolecular Hbond substituents is 1. The number of benzene rings is 4. The fourth-order valence-corrected chi connectivity index (χ4v) is 3.31. The lowest BCUT2D eigenvalue weighted by Crippen LogP contribution is -2.24. The van der Waals surface area contributed by atoms with Crippen molar-refractivity contribution in [2.45, 2.75) is 6.92 Å². The summed E-state index contributed by atoms with van der Waals surface area (Å²) in [4.78, 5) is 12.1. The monoisotopic (exact) mass is 468 g/mol. The highest BCUT2D eigenvalue weighted by Crippen LogP contribution is 2.29. The van der Waals surface area contributed by atoms with E-state index in [1.54, 1.807) is 30.3 Å². The van der Waals surface area contributed by atoms with Gasteiger partial charge in [-0.1, -0.05) is 48.5 Å². The van der Waals surface area contributed by atoms with Crippen LogP contribution in [0.2, 0.25) is 0 Å². The van der Waals surface area contributed by atoms with Crippen LogP contribution in [0, 0.1) is 0 Å². The van der Waals surface area contributed by atoms with Gasteiger partial charge in [-0.15, -0.1) is 5.11 Å². The SMILES string of the molecule is CCOc1ccccc1OCC(=O)N/N=C\c1cc(N=Nc2cccc3ccccc23)ccc1O. The summed E-state index contributed by atoms with van der Waals surface area (Å²) in [5.74, 6) is 0.564. The van der Waals surface area contributed by atoms with Crippen molar-refractivity contribution in [2.24, 2.45) is 15.3 Å². The molecule has 0 unspecified atom stereocenters. The lowest BCUT2D eigenvalue weighted by atomic mass is 10.1. The molecule has 0 radical (unpaired) electrons. The quantitative estimate of drug-likeness (QED) is 0.182. The number of fused-ring (bicyclic) bond motifs is 1. The van der Waals surface area contributed by atoms with Crippen molar-refractivity contribution in [2.75, 3.05) is 13.2 Å². The Morgan fingerprint density at radius 1 is 0.914 bits per heavy atom. The molecule has 0 saturated heterocycles. The van der Waals surface area contributed by atoms with Gasteiger partial charge in [-0.2, -0.15) is 10.2 Å². The zero-order valence-corrected chi connectivity index (χ0v) is 19.1. The van der Waals surface area contributed by atoms with Gasteiger partial charge in [0.1, 0.15) is 5.75 Å². The molecule has 0 heterocycles. The largest absolute Gasteiger partial charge is 0.507 e. The maximum atomic E-state index is 12.1. The molecule has 8 heteroatoms. The van der Waals surface area contributed by atoms with Crippen molar-refractivity contribution < 1.29 is 19.4 Å². The number of para-hydroxylation sites is 2. The third-order valence-electron chi connectivity index (χ3n) is 4.95. The van der Waals surface area contributed by atoms with Crippen molar-refractivity contribution in [3.63, 3.8) is 0 Å². The molecule has 176 valence electrons. The number of amides is 1. The van der Waals surface area contributed by atoms with E-state index in [-0.39, 0.29) is 12.4 Å². The zero-order chi connectivity index (χ0) is 24.5. The molecule has 0 atom stereocenters. The minimum absolute atomic E-state index is 0.00555. The maximum Gasteiger partial charge on any atom is 0.277 e. The molecule has 0 aliphatic carbocycles. The summed E-state index contributed by atoms with van der Waals surface area (Å²) in [6.07, 6.45) is 1.33. The van der Waals surface area contributed by atoms with Crippen LogP contribution in [0.3, 0.4) is 0 Å². The van der Waals surface area contributed by atoms with E-state index in [1.165, 1.54) is 12.3 Å². The van der Waals surface area contributed by atoms with Crippen LogP contribution in [0.25, 0.3) is 10.8 Å². The van der Waals surface area contributed by atoms with Crippen LogP contribution in [0.4, 0.5) is 11.4 Å². The minimum atomic E-state index is -0.459. The number of rotatable bonds is 9. The van der Waals surface area contributed by atoms with Gasteiger partial charge in [-0.25, -0.2) is 5.43 Å². The van der Waals surface area contributed by atoms with Gasteiger partial charge in [0.15, 0.2) is 18.1 Å². The van der Waals surface area contributed by atoms with Crippen molar-refractivity contribution in [1.29, 1.82) is 0 Å². The van der Waals surface area contributed by atoms with Gasteiger partial charge in [0.05, 0.1) is 24.2 Å². The third-order valence-corrected chi connectivity index (χ3v) is 4.95. The Morgan fingerprint density at radius 2 is 1.66 bits per heavy atom. The fourth-order valence-electron chi connectivity index (χ4n) is 3.31. The average Bonchev–Trinajstić information content (AvgIpc) is 2.88. The average molecular weight is 469 g/mol. The summed E-state index contributed by atoms with van der Waals surface area (Å²) in [6, 6.07) is 25.6. The highest BCUT2D eigenvalue weighted by molar-refractivity contribution is 5.92. The van der Waals surface area contributed by atoms with Crippen LogP contribution in [0.5, 0.6) is 17.2 Å². The number of nitrogens with zero attached hydrogens (tertiary/aromatic N) is 3. The van der Waals surface area contributed by atoms with E-state index in [4.69, 9.17) is 9.47 Å². The molecule has 0 saturated carbocycles.